The van der Waals surface area contributed by atoms with Crippen molar-refractivity contribution in [1.29, 1.82) is 0 Å². The second-order valence-corrected chi connectivity index (χ2v) is 4.13. The van der Waals surface area contributed by atoms with Gasteiger partial charge in [0.05, 0.1) is 0 Å². The molecular formula is C11H22N2O. The van der Waals surface area contributed by atoms with Crippen LogP contribution < -0.4 is 5.32 Å². The Hall–Kier alpha value is -0.410. The molecule has 14 heavy (non-hydrogen) atoms. The van der Waals surface area contributed by atoms with E-state index in [1.165, 1.54) is 0 Å². The first kappa shape index (κ1) is 11.7. The van der Waals surface area contributed by atoms with Gasteiger partial charge in [-0.25, -0.2) is 0 Å². The van der Waals surface area contributed by atoms with Gasteiger partial charge in [0, 0.05) is 45.1 Å². The van der Waals surface area contributed by atoms with Crippen LogP contribution in [0.25, 0.3) is 0 Å². The zero-order chi connectivity index (χ0) is 10.4. The van der Waals surface area contributed by atoms with Gasteiger partial charge in [-0.05, 0) is 13.3 Å². The number of Topliss-reactive ketones (excluding diaryl/α,β-unsaturated/α-hetero) is 1. The summed E-state index contributed by atoms with van der Waals surface area (Å²) in [5.74, 6) is 0.415. The van der Waals surface area contributed by atoms with Gasteiger partial charge in [-0.1, -0.05) is 6.92 Å². The molecule has 0 saturated carbocycles. The van der Waals surface area contributed by atoms with Gasteiger partial charge in [-0.15, -0.1) is 0 Å². The summed E-state index contributed by atoms with van der Waals surface area (Å²) in [6.45, 7) is 8.52. The van der Waals surface area contributed by atoms with E-state index in [0.29, 0.717) is 11.8 Å². The van der Waals surface area contributed by atoms with Gasteiger partial charge in [0.15, 0.2) is 0 Å². The molecule has 1 saturated heterocycles. The Morgan fingerprint density at radius 1 is 1.43 bits per heavy atom. The lowest BCUT2D eigenvalue weighted by Crippen LogP contribution is -2.47. The molecule has 1 rings (SSSR count). The quantitative estimate of drug-likeness (QED) is 0.716. The predicted molar refractivity (Wildman–Crippen MR) is 58.4 cm³/mol. The number of nitrogens with one attached hydrogen (secondary N) is 1. The molecule has 1 atom stereocenters. The fourth-order valence-corrected chi connectivity index (χ4v) is 1.96. The maximum atomic E-state index is 11.5. The zero-order valence-corrected chi connectivity index (χ0v) is 9.38. The van der Waals surface area contributed by atoms with Crippen molar-refractivity contribution in [2.75, 3.05) is 26.2 Å². The third-order valence-corrected chi connectivity index (χ3v) is 2.83. The summed E-state index contributed by atoms with van der Waals surface area (Å²) in [6.07, 6.45) is 2.46. The van der Waals surface area contributed by atoms with Crippen molar-refractivity contribution in [2.45, 2.75) is 39.2 Å². The van der Waals surface area contributed by atoms with Gasteiger partial charge in [-0.3, -0.25) is 9.69 Å². The first-order valence-corrected chi connectivity index (χ1v) is 5.70. The molecule has 82 valence electrons. The lowest BCUT2D eigenvalue weighted by Gasteiger charge is -2.32. The Labute approximate surface area is 86.9 Å². The molecule has 0 aliphatic carbocycles. The lowest BCUT2D eigenvalue weighted by atomic mass is 10.1. The number of rotatable bonds is 5. The number of carbonyl (C=O) groups is 1. The van der Waals surface area contributed by atoms with Crippen LogP contribution in [0.2, 0.25) is 0 Å². The van der Waals surface area contributed by atoms with E-state index in [9.17, 15) is 4.79 Å². The molecule has 0 spiro atoms. The number of nitrogens with zero attached hydrogens (tertiary/aromatic N) is 1. The van der Waals surface area contributed by atoms with Crippen LogP contribution >= 0.6 is 0 Å². The third-order valence-electron chi connectivity index (χ3n) is 2.83. The van der Waals surface area contributed by atoms with Gasteiger partial charge in [0.1, 0.15) is 5.78 Å². The molecule has 0 amide bonds. The van der Waals surface area contributed by atoms with Gasteiger partial charge in [-0.2, -0.15) is 0 Å². The summed E-state index contributed by atoms with van der Waals surface area (Å²) >= 11 is 0. The van der Waals surface area contributed by atoms with E-state index in [1.807, 2.05) is 0 Å². The Morgan fingerprint density at radius 3 is 2.64 bits per heavy atom. The monoisotopic (exact) mass is 198 g/mol. The maximum absolute atomic E-state index is 11.5. The van der Waals surface area contributed by atoms with Crippen LogP contribution in [0.5, 0.6) is 0 Å². The maximum Gasteiger partial charge on any atom is 0.134 e. The summed E-state index contributed by atoms with van der Waals surface area (Å²) in [4.78, 5) is 13.9. The molecule has 1 aliphatic rings. The standard InChI is InChI=1S/C11H22N2O/c1-3-4-11(14)9-10(2)13-7-5-12-6-8-13/h10,12H,3-9H2,1-2H3. The van der Waals surface area contributed by atoms with Crippen molar-refractivity contribution in [1.82, 2.24) is 10.2 Å². The largest absolute Gasteiger partial charge is 0.314 e. The molecule has 1 N–H and O–H groups in total. The van der Waals surface area contributed by atoms with E-state index >= 15 is 0 Å². The third kappa shape index (κ3) is 3.76. The Bertz CT molecular complexity index is 176. The van der Waals surface area contributed by atoms with E-state index in [-0.39, 0.29) is 0 Å². The SMILES string of the molecule is CCCC(=O)CC(C)N1CCNCC1. The fraction of sp³-hybridized carbons (Fsp3) is 0.909. The first-order valence-electron chi connectivity index (χ1n) is 5.70. The van der Waals surface area contributed by atoms with Crippen molar-refractivity contribution < 1.29 is 4.79 Å². The number of piperazine rings is 1. The van der Waals surface area contributed by atoms with Crippen LogP contribution in [-0.4, -0.2) is 42.9 Å². The van der Waals surface area contributed by atoms with Gasteiger partial charge < -0.3 is 5.32 Å². The molecule has 3 nitrogen and oxygen atoms in total. The minimum absolute atomic E-state index is 0.415. The predicted octanol–water partition coefficient (Wildman–Crippen LogP) is 1.04. The van der Waals surface area contributed by atoms with Crippen molar-refractivity contribution in [2.24, 2.45) is 0 Å². The highest BCUT2D eigenvalue weighted by atomic mass is 16.1. The van der Waals surface area contributed by atoms with E-state index in [4.69, 9.17) is 0 Å². The Kier molecular flexibility index (Phi) is 5.12. The first-order chi connectivity index (χ1) is 6.74. The van der Waals surface area contributed by atoms with Crippen LogP contribution in [-0.2, 0) is 4.79 Å². The highest BCUT2D eigenvalue weighted by Gasteiger charge is 2.18. The second kappa shape index (κ2) is 6.14. The fourth-order valence-electron chi connectivity index (χ4n) is 1.96. The van der Waals surface area contributed by atoms with E-state index < -0.39 is 0 Å². The highest BCUT2D eigenvalue weighted by molar-refractivity contribution is 5.78. The van der Waals surface area contributed by atoms with Crippen LogP contribution in [0, 0.1) is 0 Å². The van der Waals surface area contributed by atoms with Crippen LogP contribution in [0.1, 0.15) is 33.1 Å². The van der Waals surface area contributed by atoms with Crippen molar-refractivity contribution in [3.63, 3.8) is 0 Å². The average molecular weight is 198 g/mol. The minimum atomic E-state index is 0.415. The molecule has 0 radical (unpaired) electrons. The summed E-state index contributed by atoms with van der Waals surface area (Å²) in [7, 11) is 0. The van der Waals surface area contributed by atoms with Gasteiger partial charge in [0.25, 0.3) is 0 Å². The normalized spacial score (nSPS) is 20.7. The van der Waals surface area contributed by atoms with Gasteiger partial charge in [0.2, 0.25) is 0 Å². The van der Waals surface area contributed by atoms with E-state index in [1.54, 1.807) is 0 Å². The Balaban J connectivity index is 2.25. The molecule has 1 unspecified atom stereocenters. The van der Waals surface area contributed by atoms with Crippen LogP contribution in [0.4, 0.5) is 0 Å². The zero-order valence-electron chi connectivity index (χ0n) is 9.38. The van der Waals surface area contributed by atoms with E-state index in [2.05, 4.69) is 24.1 Å². The van der Waals surface area contributed by atoms with Crippen LogP contribution in [0.3, 0.4) is 0 Å². The molecule has 1 heterocycles. The molecule has 3 heteroatoms. The van der Waals surface area contributed by atoms with E-state index in [0.717, 1.165) is 45.4 Å². The Morgan fingerprint density at radius 2 is 2.07 bits per heavy atom. The van der Waals surface area contributed by atoms with Crippen molar-refractivity contribution >= 4 is 5.78 Å². The molecule has 0 bridgehead atoms. The summed E-state index contributed by atoms with van der Waals surface area (Å²) in [6, 6.07) is 0.427. The molecule has 0 aromatic rings. The summed E-state index contributed by atoms with van der Waals surface area (Å²) < 4.78 is 0. The number of ketones is 1. The number of carbonyl (C=O) groups excluding carboxylic acids is 1. The molecule has 0 aromatic carbocycles. The lowest BCUT2D eigenvalue weighted by molar-refractivity contribution is -0.120. The number of hydrogen-bond acceptors (Lipinski definition) is 3. The summed E-state index contributed by atoms with van der Waals surface area (Å²) in [5, 5.41) is 3.32. The molecule has 0 aromatic heterocycles. The minimum Gasteiger partial charge on any atom is -0.314 e. The molecule has 1 aliphatic heterocycles. The highest BCUT2D eigenvalue weighted by Crippen LogP contribution is 2.07. The van der Waals surface area contributed by atoms with Crippen molar-refractivity contribution in [3.05, 3.63) is 0 Å². The average Bonchev–Trinajstić information content (AvgIpc) is 2.19. The smallest absolute Gasteiger partial charge is 0.134 e. The molecular weight excluding hydrogens is 176 g/mol. The van der Waals surface area contributed by atoms with Crippen LogP contribution in [0.15, 0.2) is 0 Å². The summed E-state index contributed by atoms with van der Waals surface area (Å²) in [5.41, 5.74) is 0. The van der Waals surface area contributed by atoms with Crippen molar-refractivity contribution in [3.8, 4) is 0 Å². The molecule has 1 fully saturated rings. The topological polar surface area (TPSA) is 32.3 Å². The van der Waals surface area contributed by atoms with Gasteiger partial charge >= 0.3 is 0 Å². The number of hydrogen-bond donors (Lipinski definition) is 1. The second-order valence-electron chi connectivity index (χ2n) is 4.13.